The lowest BCUT2D eigenvalue weighted by Crippen LogP contribution is -2.12. The Balaban J connectivity index is 1.91. The first-order valence-electron chi connectivity index (χ1n) is 7.00. The van der Waals surface area contributed by atoms with Gasteiger partial charge in [0.2, 0.25) is 0 Å². The number of rotatable bonds is 6. The van der Waals surface area contributed by atoms with Crippen molar-refractivity contribution in [3.05, 3.63) is 65.5 Å². The van der Waals surface area contributed by atoms with Crippen LogP contribution in [0.3, 0.4) is 0 Å². The van der Waals surface area contributed by atoms with Crippen LogP contribution in [0.5, 0.6) is 11.5 Å². The molecule has 6 heteroatoms. The summed E-state index contributed by atoms with van der Waals surface area (Å²) >= 11 is 0. The molecule has 0 amide bonds. The molecule has 24 heavy (non-hydrogen) atoms. The van der Waals surface area contributed by atoms with Gasteiger partial charge >= 0.3 is 5.97 Å². The van der Waals surface area contributed by atoms with Gasteiger partial charge in [0.05, 0.1) is 7.11 Å². The molecule has 5 nitrogen and oxygen atoms in total. The molecule has 0 saturated carbocycles. The van der Waals surface area contributed by atoms with Gasteiger partial charge in [-0.3, -0.25) is 4.79 Å². The van der Waals surface area contributed by atoms with Gasteiger partial charge in [-0.05, 0) is 48.0 Å². The fourth-order valence-corrected chi connectivity index (χ4v) is 1.87. The van der Waals surface area contributed by atoms with Crippen LogP contribution in [0.1, 0.15) is 15.9 Å². The van der Waals surface area contributed by atoms with E-state index >= 15 is 0 Å². The first-order chi connectivity index (χ1) is 11.5. The molecular weight excluding hydrogens is 315 g/mol. The van der Waals surface area contributed by atoms with Crippen LogP contribution in [0.4, 0.5) is 4.39 Å². The highest BCUT2D eigenvalue weighted by Crippen LogP contribution is 2.26. The smallest absolute Gasteiger partial charge is 0.331 e. The van der Waals surface area contributed by atoms with Crippen molar-refractivity contribution < 1.29 is 28.6 Å². The topological polar surface area (TPSA) is 72.8 Å². The number of phenols is 1. The van der Waals surface area contributed by atoms with E-state index in [0.29, 0.717) is 5.56 Å². The standard InChI is InChI=1S/C18H15FO5/c1-23-17-10-12(2-8-15(17)20)3-9-18(22)24-11-16(21)13-4-6-14(19)7-5-13/h2-10,20H,11H2,1H3/b9-3-. The molecule has 0 atom stereocenters. The highest BCUT2D eigenvalue weighted by molar-refractivity contribution is 5.98. The van der Waals surface area contributed by atoms with Gasteiger partial charge in [0, 0.05) is 11.6 Å². The van der Waals surface area contributed by atoms with Crippen molar-refractivity contribution in [2.24, 2.45) is 0 Å². The Kier molecular flexibility index (Phi) is 5.68. The summed E-state index contributed by atoms with van der Waals surface area (Å²) in [7, 11) is 1.41. The van der Waals surface area contributed by atoms with Gasteiger partial charge in [-0.25, -0.2) is 9.18 Å². The number of hydrogen-bond donors (Lipinski definition) is 1. The molecule has 2 aromatic rings. The molecule has 0 fully saturated rings. The zero-order valence-electron chi connectivity index (χ0n) is 12.9. The lowest BCUT2D eigenvalue weighted by atomic mass is 10.1. The summed E-state index contributed by atoms with van der Waals surface area (Å²) in [6, 6.07) is 9.53. The summed E-state index contributed by atoms with van der Waals surface area (Å²) in [5.74, 6) is -1.31. The number of aromatic hydroxyl groups is 1. The largest absolute Gasteiger partial charge is 0.504 e. The molecule has 1 N–H and O–H groups in total. The maximum Gasteiger partial charge on any atom is 0.331 e. The third-order valence-electron chi connectivity index (χ3n) is 3.13. The van der Waals surface area contributed by atoms with Crippen LogP contribution in [0.2, 0.25) is 0 Å². The van der Waals surface area contributed by atoms with Crippen LogP contribution in [0.15, 0.2) is 48.5 Å². The minimum absolute atomic E-state index is 0.0119. The lowest BCUT2D eigenvalue weighted by Gasteiger charge is -2.04. The molecule has 0 aliphatic heterocycles. The molecule has 0 radical (unpaired) electrons. The highest BCUT2D eigenvalue weighted by Gasteiger charge is 2.08. The summed E-state index contributed by atoms with van der Waals surface area (Å²) in [4.78, 5) is 23.4. The predicted molar refractivity (Wildman–Crippen MR) is 85.4 cm³/mol. The van der Waals surface area contributed by atoms with E-state index < -0.39 is 24.2 Å². The third-order valence-corrected chi connectivity index (χ3v) is 3.13. The summed E-state index contributed by atoms with van der Waals surface area (Å²) < 4.78 is 22.6. The Bertz CT molecular complexity index is 765. The van der Waals surface area contributed by atoms with Gasteiger partial charge in [0.25, 0.3) is 0 Å². The molecule has 0 spiro atoms. The quantitative estimate of drug-likeness (QED) is 0.501. The average molecular weight is 330 g/mol. The number of carbonyl (C=O) groups excluding carboxylic acids is 2. The van der Waals surface area contributed by atoms with Gasteiger partial charge < -0.3 is 14.6 Å². The molecule has 0 aliphatic carbocycles. The van der Waals surface area contributed by atoms with Crippen molar-refractivity contribution in [1.29, 1.82) is 0 Å². The van der Waals surface area contributed by atoms with E-state index in [1.54, 1.807) is 12.1 Å². The number of halogens is 1. The van der Waals surface area contributed by atoms with E-state index in [4.69, 9.17) is 9.47 Å². The number of Topliss-reactive ketones (excluding diaryl/α,β-unsaturated/α-hetero) is 1. The van der Waals surface area contributed by atoms with E-state index in [9.17, 15) is 19.1 Å². The number of benzene rings is 2. The first-order valence-corrected chi connectivity index (χ1v) is 7.00. The second-order valence-electron chi connectivity index (χ2n) is 4.80. The van der Waals surface area contributed by atoms with Crippen LogP contribution in [-0.2, 0) is 9.53 Å². The van der Waals surface area contributed by atoms with Crippen molar-refractivity contribution in [2.75, 3.05) is 13.7 Å². The number of phenolic OH excluding ortho intramolecular Hbond substituents is 1. The molecule has 0 heterocycles. The molecule has 0 aromatic heterocycles. The minimum Gasteiger partial charge on any atom is -0.504 e. The van der Waals surface area contributed by atoms with Crippen LogP contribution in [-0.4, -0.2) is 30.6 Å². The van der Waals surface area contributed by atoms with Crippen molar-refractivity contribution in [2.45, 2.75) is 0 Å². The number of hydrogen-bond acceptors (Lipinski definition) is 5. The molecule has 0 saturated heterocycles. The van der Waals surface area contributed by atoms with E-state index in [-0.39, 0.29) is 17.1 Å². The molecular formula is C18H15FO5. The average Bonchev–Trinajstić information content (AvgIpc) is 2.59. The second-order valence-corrected chi connectivity index (χ2v) is 4.80. The fourth-order valence-electron chi connectivity index (χ4n) is 1.87. The molecule has 0 bridgehead atoms. The number of esters is 1. The van der Waals surface area contributed by atoms with Gasteiger partial charge in [0.1, 0.15) is 5.82 Å². The molecule has 2 rings (SSSR count). The van der Waals surface area contributed by atoms with Crippen molar-refractivity contribution in [3.8, 4) is 11.5 Å². The van der Waals surface area contributed by atoms with Crippen molar-refractivity contribution in [3.63, 3.8) is 0 Å². The lowest BCUT2D eigenvalue weighted by molar-refractivity contribution is -0.136. The summed E-state index contributed by atoms with van der Waals surface area (Å²) in [6.45, 7) is -0.437. The number of ether oxygens (including phenoxy) is 2. The zero-order valence-corrected chi connectivity index (χ0v) is 12.9. The van der Waals surface area contributed by atoms with Crippen molar-refractivity contribution >= 4 is 17.8 Å². The number of methoxy groups -OCH3 is 1. The molecule has 0 unspecified atom stereocenters. The summed E-state index contributed by atoms with van der Waals surface area (Å²) in [5.41, 5.74) is 0.878. The van der Waals surface area contributed by atoms with E-state index in [2.05, 4.69) is 0 Å². The number of ketones is 1. The third kappa shape index (κ3) is 4.67. The predicted octanol–water partition coefficient (Wildman–Crippen LogP) is 2.98. The Morgan fingerprint density at radius 1 is 1.17 bits per heavy atom. The van der Waals surface area contributed by atoms with E-state index in [1.165, 1.54) is 31.4 Å². The highest BCUT2D eigenvalue weighted by atomic mass is 19.1. The van der Waals surface area contributed by atoms with Crippen LogP contribution >= 0.6 is 0 Å². The normalized spacial score (nSPS) is 10.6. The first kappa shape index (κ1) is 17.2. The maximum absolute atomic E-state index is 12.8. The minimum atomic E-state index is -0.697. The van der Waals surface area contributed by atoms with Crippen molar-refractivity contribution in [1.82, 2.24) is 0 Å². The zero-order chi connectivity index (χ0) is 17.5. The SMILES string of the molecule is COc1cc(/C=C\C(=O)OCC(=O)c2ccc(F)cc2)ccc1O. The summed E-state index contributed by atoms with van der Waals surface area (Å²) in [6.07, 6.45) is 2.62. The van der Waals surface area contributed by atoms with Gasteiger partial charge in [-0.15, -0.1) is 0 Å². The summed E-state index contributed by atoms with van der Waals surface area (Å²) in [5, 5.41) is 9.48. The monoisotopic (exact) mass is 330 g/mol. The van der Waals surface area contributed by atoms with Gasteiger partial charge in [-0.2, -0.15) is 0 Å². The van der Waals surface area contributed by atoms with Crippen LogP contribution in [0, 0.1) is 5.82 Å². The Morgan fingerprint density at radius 3 is 2.54 bits per heavy atom. The maximum atomic E-state index is 12.8. The Hall–Kier alpha value is -3.15. The van der Waals surface area contributed by atoms with Crippen LogP contribution in [0.25, 0.3) is 6.08 Å². The second kappa shape index (κ2) is 7.92. The molecule has 2 aromatic carbocycles. The van der Waals surface area contributed by atoms with E-state index in [0.717, 1.165) is 18.2 Å². The van der Waals surface area contributed by atoms with E-state index in [1.807, 2.05) is 0 Å². The fraction of sp³-hybridized carbons (Fsp3) is 0.111. The van der Waals surface area contributed by atoms with Gasteiger partial charge in [-0.1, -0.05) is 6.07 Å². The van der Waals surface area contributed by atoms with Crippen LogP contribution < -0.4 is 4.74 Å². The molecule has 124 valence electrons. The Labute approximate surface area is 137 Å². The number of carbonyl (C=O) groups is 2. The Morgan fingerprint density at radius 2 is 1.88 bits per heavy atom. The van der Waals surface area contributed by atoms with Gasteiger partial charge in [0.15, 0.2) is 23.9 Å². The molecule has 0 aliphatic rings.